The van der Waals surface area contributed by atoms with Crippen LogP contribution in [0.25, 0.3) is 0 Å². The van der Waals surface area contributed by atoms with Gasteiger partial charge in [-0.3, -0.25) is 14.5 Å². The number of hydrogen-bond acceptors (Lipinski definition) is 4. The van der Waals surface area contributed by atoms with Gasteiger partial charge in [0.15, 0.2) is 0 Å². The minimum Gasteiger partial charge on any atom is -0.399 e. The van der Waals surface area contributed by atoms with E-state index in [-0.39, 0.29) is 30.1 Å². The molecule has 1 fully saturated rings. The Morgan fingerprint density at radius 1 is 1.00 bits per heavy atom. The Morgan fingerprint density at radius 3 is 2.32 bits per heavy atom. The van der Waals surface area contributed by atoms with Gasteiger partial charge in [0.05, 0.1) is 5.54 Å². The molecule has 7 nitrogen and oxygen atoms in total. The number of benzene rings is 2. The van der Waals surface area contributed by atoms with Crippen LogP contribution in [-0.2, 0) is 25.2 Å². The molecule has 200 valence electrons. The third-order valence-electron chi connectivity index (χ3n) is 7.73. The number of hydrogen-bond donors (Lipinski definition) is 2. The van der Waals surface area contributed by atoms with Gasteiger partial charge in [0, 0.05) is 68.3 Å². The van der Waals surface area contributed by atoms with Gasteiger partial charge in [-0.1, -0.05) is 6.07 Å². The molecule has 0 bridgehead atoms. The average Bonchev–Trinajstić information content (AvgIpc) is 3.28. The van der Waals surface area contributed by atoms with Gasteiger partial charge < -0.3 is 20.5 Å². The van der Waals surface area contributed by atoms with Crippen LogP contribution in [0.3, 0.4) is 0 Å². The average molecular weight is 526 g/mol. The van der Waals surface area contributed by atoms with E-state index in [4.69, 9.17) is 5.73 Å². The lowest BCUT2D eigenvalue weighted by Gasteiger charge is -2.53. The van der Waals surface area contributed by atoms with Crippen LogP contribution in [0, 0.1) is 17.5 Å². The van der Waals surface area contributed by atoms with Crippen LogP contribution < -0.4 is 11.1 Å². The van der Waals surface area contributed by atoms with Crippen LogP contribution in [0.15, 0.2) is 42.5 Å². The van der Waals surface area contributed by atoms with Crippen LogP contribution in [-0.4, -0.2) is 46.8 Å². The van der Waals surface area contributed by atoms with Crippen molar-refractivity contribution in [3.05, 3.63) is 88.0 Å². The normalized spacial score (nSPS) is 16.1. The summed E-state index contributed by atoms with van der Waals surface area (Å²) in [5, 5.41) is 2.78. The Labute approximate surface area is 219 Å². The molecule has 1 aromatic heterocycles. The fourth-order valence-corrected chi connectivity index (χ4v) is 5.52. The lowest BCUT2D eigenvalue weighted by Crippen LogP contribution is -2.56. The summed E-state index contributed by atoms with van der Waals surface area (Å²) >= 11 is 0. The van der Waals surface area contributed by atoms with E-state index < -0.39 is 28.9 Å². The van der Waals surface area contributed by atoms with Crippen LogP contribution in [0.1, 0.15) is 56.9 Å². The molecule has 10 heteroatoms. The number of nitrogens with zero attached hydrogens (tertiary/aromatic N) is 3. The van der Waals surface area contributed by atoms with E-state index >= 15 is 8.78 Å². The van der Waals surface area contributed by atoms with E-state index in [2.05, 4.69) is 10.2 Å². The molecule has 38 heavy (non-hydrogen) atoms. The summed E-state index contributed by atoms with van der Waals surface area (Å²) in [6.07, 6.45) is 2.56. The van der Waals surface area contributed by atoms with Crippen molar-refractivity contribution in [2.45, 2.75) is 44.4 Å². The van der Waals surface area contributed by atoms with Crippen molar-refractivity contribution in [3.63, 3.8) is 0 Å². The Hall–Kier alpha value is -3.79. The molecule has 3 N–H and O–H groups in total. The molecule has 1 aliphatic carbocycles. The van der Waals surface area contributed by atoms with Crippen LogP contribution in [0.5, 0.6) is 0 Å². The molecule has 1 aliphatic heterocycles. The minimum atomic E-state index is -0.749. The van der Waals surface area contributed by atoms with Crippen molar-refractivity contribution >= 4 is 17.5 Å². The zero-order valence-corrected chi connectivity index (χ0v) is 21.4. The lowest BCUT2D eigenvalue weighted by atomic mass is 9.71. The molecule has 5 rings (SSSR count). The molecule has 0 atom stereocenters. The number of anilines is 1. The van der Waals surface area contributed by atoms with Gasteiger partial charge in [0.25, 0.3) is 11.8 Å². The third-order valence-corrected chi connectivity index (χ3v) is 7.73. The molecule has 2 amide bonds. The van der Waals surface area contributed by atoms with Crippen molar-refractivity contribution in [2.24, 2.45) is 0 Å². The van der Waals surface area contributed by atoms with E-state index in [1.54, 1.807) is 18.2 Å². The summed E-state index contributed by atoms with van der Waals surface area (Å²) in [6.45, 7) is 1.03. The predicted octanol–water partition coefficient (Wildman–Crippen LogP) is 4.01. The fourth-order valence-electron chi connectivity index (χ4n) is 5.52. The van der Waals surface area contributed by atoms with E-state index in [1.165, 1.54) is 25.1 Å². The number of aromatic nitrogens is 1. The van der Waals surface area contributed by atoms with Gasteiger partial charge >= 0.3 is 0 Å². The first-order valence-corrected chi connectivity index (χ1v) is 12.6. The van der Waals surface area contributed by atoms with Crippen LogP contribution >= 0.6 is 0 Å². The van der Waals surface area contributed by atoms with Crippen LogP contribution in [0.2, 0.25) is 0 Å². The number of carbonyl (C=O) groups is 2. The molecule has 0 unspecified atom stereocenters. The second-order valence-corrected chi connectivity index (χ2v) is 10.2. The van der Waals surface area contributed by atoms with E-state index in [9.17, 15) is 14.0 Å². The highest BCUT2D eigenvalue weighted by atomic mass is 19.1. The Bertz CT molecular complexity index is 1390. The van der Waals surface area contributed by atoms with Gasteiger partial charge in [0.2, 0.25) is 0 Å². The molecule has 3 aromatic rings. The molecule has 1 spiro atoms. The number of nitrogen functional groups attached to an aromatic ring is 1. The number of nitrogens with two attached hydrogens (primary N) is 1. The standard InChI is InChI=1S/C28H30F3N5O2/c1-34(2)27(38)18-12-22(30)20(23(31)13-18)16-35-10-11-36-24(6-7-25(36)28(35)8-3-9-28)26(37)33-15-17-4-5-19(32)14-21(17)29/h4-7,12-14H,3,8-11,15-16,32H2,1-2H3,(H,33,37). The van der Waals surface area contributed by atoms with Gasteiger partial charge in [-0.25, -0.2) is 13.2 Å². The number of nitrogens with one attached hydrogen (secondary N) is 1. The minimum absolute atomic E-state index is 0.0214. The first-order chi connectivity index (χ1) is 18.1. The summed E-state index contributed by atoms with van der Waals surface area (Å²) in [5.74, 6) is -2.77. The highest BCUT2D eigenvalue weighted by molar-refractivity contribution is 5.94. The first kappa shape index (κ1) is 25.8. The molecule has 0 radical (unpaired) electrons. The van der Waals surface area contributed by atoms with Gasteiger partial charge in [-0.05, 0) is 55.7 Å². The third kappa shape index (κ3) is 4.42. The van der Waals surface area contributed by atoms with Gasteiger partial charge in [-0.15, -0.1) is 0 Å². The van der Waals surface area contributed by atoms with Crippen molar-refractivity contribution < 1.29 is 22.8 Å². The zero-order valence-electron chi connectivity index (χ0n) is 21.4. The quantitative estimate of drug-likeness (QED) is 0.477. The molecular weight excluding hydrogens is 495 g/mol. The van der Waals surface area contributed by atoms with Crippen molar-refractivity contribution in [1.82, 2.24) is 19.7 Å². The van der Waals surface area contributed by atoms with Crippen molar-refractivity contribution in [3.8, 4) is 0 Å². The summed E-state index contributed by atoms with van der Waals surface area (Å²) in [5.41, 5.74) is 7.09. The summed E-state index contributed by atoms with van der Waals surface area (Å²) in [7, 11) is 3.06. The smallest absolute Gasteiger partial charge is 0.268 e. The van der Waals surface area contributed by atoms with E-state index in [0.717, 1.165) is 37.1 Å². The van der Waals surface area contributed by atoms with Gasteiger partial charge in [-0.2, -0.15) is 0 Å². The van der Waals surface area contributed by atoms with Crippen LogP contribution in [0.4, 0.5) is 18.9 Å². The molecular formula is C28H30F3N5O2. The van der Waals surface area contributed by atoms with Gasteiger partial charge in [0.1, 0.15) is 23.1 Å². The van der Waals surface area contributed by atoms with Crippen molar-refractivity contribution in [2.75, 3.05) is 26.4 Å². The first-order valence-electron chi connectivity index (χ1n) is 12.6. The SMILES string of the molecule is CN(C)C(=O)c1cc(F)c(CN2CCn3c(C(=O)NCc4ccc(N)cc4F)ccc3C23CCC3)c(F)c1. The number of fused-ring (bicyclic) bond motifs is 2. The zero-order chi connectivity index (χ0) is 27.2. The molecule has 0 saturated heterocycles. The topological polar surface area (TPSA) is 83.6 Å². The fraction of sp³-hybridized carbons (Fsp3) is 0.357. The molecule has 1 saturated carbocycles. The van der Waals surface area contributed by atoms with Crippen molar-refractivity contribution in [1.29, 1.82) is 0 Å². The Morgan fingerprint density at radius 2 is 1.71 bits per heavy atom. The largest absolute Gasteiger partial charge is 0.399 e. The maximum absolute atomic E-state index is 15.0. The summed E-state index contributed by atoms with van der Waals surface area (Å²) in [4.78, 5) is 28.6. The highest BCUT2D eigenvalue weighted by Crippen LogP contribution is 2.49. The Balaban J connectivity index is 1.36. The second-order valence-electron chi connectivity index (χ2n) is 10.2. The molecule has 2 aromatic carbocycles. The number of carbonyl (C=O) groups excluding carboxylic acids is 2. The monoisotopic (exact) mass is 525 g/mol. The number of rotatable bonds is 6. The van der Waals surface area contributed by atoms with E-state index in [0.29, 0.717) is 30.0 Å². The molecule has 2 aliphatic rings. The predicted molar refractivity (Wildman–Crippen MR) is 137 cm³/mol. The lowest BCUT2D eigenvalue weighted by molar-refractivity contribution is -0.0229. The second kappa shape index (κ2) is 9.83. The maximum atomic E-state index is 15.0. The molecule has 2 heterocycles. The van der Waals surface area contributed by atoms with E-state index in [1.807, 2.05) is 10.6 Å². The maximum Gasteiger partial charge on any atom is 0.268 e. The summed E-state index contributed by atoms with van der Waals surface area (Å²) in [6, 6.07) is 10.2. The Kier molecular flexibility index (Phi) is 6.68. The number of halogens is 3. The highest BCUT2D eigenvalue weighted by Gasteiger charge is 2.48. The summed E-state index contributed by atoms with van der Waals surface area (Å²) < 4.78 is 46.1. The number of amides is 2.